The van der Waals surface area contributed by atoms with Gasteiger partial charge in [0.15, 0.2) is 0 Å². The average molecular weight is 216 g/mol. The third-order valence-corrected chi connectivity index (χ3v) is 2.03. The van der Waals surface area contributed by atoms with E-state index in [1.54, 1.807) is 19.2 Å². The van der Waals surface area contributed by atoms with Gasteiger partial charge in [0.05, 0.1) is 19.8 Å². The Kier molecular flexibility index (Phi) is 4.73. The molecule has 0 unspecified atom stereocenters. The van der Waals surface area contributed by atoms with Crippen molar-refractivity contribution in [2.45, 2.75) is 6.61 Å². The van der Waals surface area contributed by atoms with Crippen LogP contribution in [0.25, 0.3) is 0 Å². The number of methoxy groups -OCH3 is 1. The van der Waals surface area contributed by atoms with E-state index in [9.17, 15) is 0 Å². The van der Waals surface area contributed by atoms with Crippen LogP contribution in [0.2, 0.25) is 5.02 Å². The second-order valence-corrected chi connectivity index (χ2v) is 3.32. The van der Waals surface area contributed by atoms with Gasteiger partial charge in [0.25, 0.3) is 0 Å². The van der Waals surface area contributed by atoms with E-state index in [0.717, 1.165) is 5.56 Å². The average Bonchev–Trinajstić information content (AvgIpc) is 2.18. The van der Waals surface area contributed by atoms with Gasteiger partial charge in [-0.2, -0.15) is 0 Å². The highest BCUT2D eigenvalue weighted by Crippen LogP contribution is 2.18. The Labute approximate surface area is 88.8 Å². The molecule has 0 aliphatic rings. The van der Waals surface area contributed by atoms with Crippen LogP contribution in [0.3, 0.4) is 0 Å². The Bertz CT molecular complexity index is 291. The monoisotopic (exact) mass is 215 g/mol. The molecule has 2 N–H and O–H groups in total. The van der Waals surface area contributed by atoms with Gasteiger partial charge < -0.3 is 15.2 Å². The van der Waals surface area contributed by atoms with Crippen LogP contribution in [0.1, 0.15) is 5.56 Å². The van der Waals surface area contributed by atoms with Gasteiger partial charge in [-0.05, 0) is 18.2 Å². The minimum atomic E-state index is 0.468. The fourth-order valence-electron chi connectivity index (χ4n) is 1.02. The molecule has 1 rings (SSSR count). The maximum absolute atomic E-state index is 5.82. The van der Waals surface area contributed by atoms with Crippen LogP contribution in [-0.2, 0) is 16.1 Å². The highest BCUT2D eigenvalue weighted by atomic mass is 35.5. The molecule has 3 nitrogen and oxygen atoms in total. The molecule has 0 spiro atoms. The molecule has 0 aliphatic heterocycles. The zero-order valence-electron chi connectivity index (χ0n) is 8.13. The van der Waals surface area contributed by atoms with Crippen molar-refractivity contribution >= 4 is 17.3 Å². The Morgan fingerprint density at radius 3 is 2.86 bits per heavy atom. The summed E-state index contributed by atoms with van der Waals surface area (Å²) in [4.78, 5) is 0. The quantitative estimate of drug-likeness (QED) is 0.604. The number of hydrogen-bond acceptors (Lipinski definition) is 3. The van der Waals surface area contributed by atoms with Crippen molar-refractivity contribution in [2.24, 2.45) is 0 Å². The Balaban J connectivity index is 2.45. The summed E-state index contributed by atoms with van der Waals surface area (Å²) in [5.74, 6) is 0. The molecule has 1 aromatic carbocycles. The summed E-state index contributed by atoms with van der Waals surface area (Å²) in [7, 11) is 1.64. The lowest BCUT2D eigenvalue weighted by Gasteiger charge is -2.06. The van der Waals surface area contributed by atoms with E-state index in [-0.39, 0.29) is 0 Å². The number of ether oxygens (including phenoxy) is 2. The largest absolute Gasteiger partial charge is 0.398 e. The van der Waals surface area contributed by atoms with Crippen LogP contribution in [0.15, 0.2) is 18.2 Å². The predicted octanol–water partition coefficient (Wildman–Crippen LogP) is 2.09. The first-order chi connectivity index (χ1) is 6.74. The number of hydrogen-bond donors (Lipinski definition) is 1. The van der Waals surface area contributed by atoms with Gasteiger partial charge >= 0.3 is 0 Å². The summed E-state index contributed by atoms with van der Waals surface area (Å²) >= 11 is 5.82. The van der Waals surface area contributed by atoms with Gasteiger partial charge in [0.1, 0.15) is 0 Å². The zero-order chi connectivity index (χ0) is 10.4. The van der Waals surface area contributed by atoms with Gasteiger partial charge in [0, 0.05) is 23.4 Å². The SMILES string of the molecule is COCCOCc1cc(Cl)ccc1N. The molecule has 0 amide bonds. The highest BCUT2D eigenvalue weighted by molar-refractivity contribution is 6.30. The smallest absolute Gasteiger partial charge is 0.0738 e. The lowest BCUT2D eigenvalue weighted by Crippen LogP contribution is -2.03. The Morgan fingerprint density at radius 2 is 2.14 bits per heavy atom. The fourth-order valence-corrected chi connectivity index (χ4v) is 1.22. The molecule has 0 fully saturated rings. The van der Waals surface area contributed by atoms with E-state index >= 15 is 0 Å². The maximum atomic E-state index is 5.82. The van der Waals surface area contributed by atoms with Gasteiger partial charge in [0.2, 0.25) is 0 Å². The van der Waals surface area contributed by atoms with Gasteiger partial charge in [-0.25, -0.2) is 0 Å². The van der Waals surface area contributed by atoms with Crippen molar-refractivity contribution in [3.05, 3.63) is 28.8 Å². The maximum Gasteiger partial charge on any atom is 0.0738 e. The minimum Gasteiger partial charge on any atom is -0.398 e. The third-order valence-electron chi connectivity index (χ3n) is 1.79. The first kappa shape index (κ1) is 11.3. The Morgan fingerprint density at radius 1 is 1.36 bits per heavy atom. The van der Waals surface area contributed by atoms with E-state index in [1.165, 1.54) is 0 Å². The molecule has 0 bridgehead atoms. The number of benzene rings is 1. The molecular formula is C10H14ClNO2. The Hall–Kier alpha value is -0.770. The van der Waals surface area contributed by atoms with Crippen molar-refractivity contribution in [1.29, 1.82) is 0 Å². The molecule has 1 aromatic rings. The third kappa shape index (κ3) is 3.54. The molecule has 0 aliphatic carbocycles. The first-order valence-electron chi connectivity index (χ1n) is 4.34. The second-order valence-electron chi connectivity index (χ2n) is 2.89. The van der Waals surface area contributed by atoms with Crippen molar-refractivity contribution in [1.82, 2.24) is 0 Å². The standard InChI is InChI=1S/C10H14ClNO2/c1-13-4-5-14-7-8-6-9(11)2-3-10(8)12/h2-3,6H,4-5,7,12H2,1H3. The van der Waals surface area contributed by atoms with Gasteiger partial charge in [-0.3, -0.25) is 0 Å². The van der Waals surface area contributed by atoms with Crippen LogP contribution in [0, 0.1) is 0 Å². The van der Waals surface area contributed by atoms with Gasteiger partial charge in [-0.1, -0.05) is 11.6 Å². The number of halogens is 1. The van der Waals surface area contributed by atoms with E-state index < -0.39 is 0 Å². The molecular weight excluding hydrogens is 202 g/mol. The van der Waals surface area contributed by atoms with Crippen molar-refractivity contribution in [2.75, 3.05) is 26.1 Å². The van der Waals surface area contributed by atoms with Crippen LogP contribution in [0.4, 0.5) is 5.69 Å². The summed E-state index contributed by atoms with van der Waals surface area (Å²) in [6.45, 7) is 1.61. The molecule has 0 radical (unpaired) electrons. The van der Waals surface area contributed by atoms with E-state index in [2.05, 4.69) is 0 Å². The van der Waals surface area contributed by atoms with E-state index in [0.29, 0.717) is 30.5 Å². The van der Waals surface area contributed by atoms with Crippen molar-refractivity contribution < 1.29 is 9.47 Å². The van der Waals surface area contributed by atoms with Crippen molar-refractivity contribution in [3.63, 3.8) is 0 Å². The number of nitrogens with two attached hydrogens (primary N) is 1. The summed E-state index contributed by atoms with van der Waals surface area (Å²) in [6.07, 6.45) is 0. The minimum absolute atomic E-state index is 0.468. The molecule has 0 saturated carbocycles. The van der Waals surface area contributed by atoms with Gasteiger partial charge in [-0.15, -0.1) is 0 Å². The fraction of sp³-hybridized carbons (Fsp3) is 0.400. The molecule has 0 aromatic heterocycles. The van der Waals surface area contributed by atoms with Crippen molar-refractivity contribution in [3.8, 4) is 0 Å². The molecule has 4 heteroatoms. The summed E-state index contributed by atoms with van der Waals surface area (Å²) < 4.78 is 10.2. The molecule has 0 atom stereocenters. The lowest BCUT2D eigenvalue weighted by atomic mass is 10.2. The molecule has 0 saturated heterocycles. The number of rotatable bonds is 5. The van der Waals surface area contributed by atoms with Crippen LogP contribution >= 0.6 is 11.6 Å². The van der Waals surface area contributed by atoms with Crippen LogP contribution in [-0.4, -0.2) is 20.3 Å². The van der Waals surface area contributed by atoms with Crippen LogP contribution < -0.4 is 5.73 Å². The normalized spacial score (nSPS) is 10.4. The van der Waals surface area contributed by atoms with E-state index in [4.69, 9.17) is 26.8 Å². The second kappa shape index (κ2) is 5.86. The zero-order valence-corrected chi connectivity index (χ0v) is 8.88. The van der Waals surface area contributed by atoms with E-state index in [1.807, 2.05) is 6.07 Å². The highest BCUT2D eigenvalue weighted by Gasteiger charge is 2.00. The first-order valence-corrected chi connectivity index (χ1v) is 4.72. The summed E-state index contributed by atoms with van der Waals surface area (Å²) in [6, 6.07) is 5.34. The molecule has 14 heavy (non-hydrogen) atoms. The molecule has 78 valence electrons. The number of anilines is 1. The van der Waals surface area contributed by atoms with Crippen LogP contribution in [0.5, 0.6) is 0 Å². The number of nitrogen functional groups attached to an aromatic ring is 1. The topological polar surface area (TPSA) is 44.5 Å². The predicted molar refractivity (Wildman–Crippen MR) is 57.4 cm³/mol. The summed E-state index contributed by atoms with van der Waals surface area (Å²) in [5, 5.41) is 0.671. The summed E-state index contributed by atoms with van der Waals surface area (Å²) in [5.41, 5.74) is 7.35. The lowest BCUT2D eigenvalue weighted by molar-refractivity contribution is 0.0619. The molecule has 0 heterocycles.